The minimum atomic E-state index is -0.799. The molecule has 3 aromatic rings. The van der Waals surface area contributed by atoms with E-state index in [-0.39, 0.29) is 17.2 Å². The van der Waals surface area contributed by atoms with Crippen LogP contribution in [0.5, 0.6) is 5.75 Å². The fourth-order valence-electron chi connectivity index (χ4n) is 3.85. The first kappa shape index (κ1) is 24.5. The number of rotatable bonds is 6. The van der Waals surface area contributed by atoms with Crippen LogP contribution in [0.2, 0.25) is 5.02 Å². The van der Waals surface area contributed by atoms with Crippen molar-refractivity contribution in [2.75, 3.05) is 30.4 Å². The number of anilines is 3. The van der Waals surface area contributed by atoms with E-state index in [2.05, 4.69) is 48.1 Å². The second kappa shape index (κ2) is 10.3. The molecule has 0 radical (unpaired) electrons. The molecular formula is C23H26ClIN6O3. The standard InChI is InChI=1S/C23H26ClIN6O3/c1-13(21(32)26-2)34-19-11-14-10-16(4-5-18(14)30(3)22(19)33)28-20-17(24)12-27-23(29-20)31-8-6-15(25)7-9-31/h4-5,10-13,15H,6-9H2,1-3H3,(H,26,32)(H,27,28,29). The maximum Gasteiger partial charge on any atom is 0.293 e. The Morgan fingerprint density at radius 3 is 2.74 bits per heavy atom. The first-order chi connectivity index (χ1) is 16.3. The second-order valence-corrected chi connectivity index (χ2v) is 10.3. The minimum Gasteiger partial charge on any atom is -0.475 e. The molecule has 3 heterocycles. The largest absolute Gasteiger partial charge is 0.475 e. The summed E-state index contributed by atoms with van der Waals surface area (Å²) in [4.78, 5) is 35.8. The van der Waals surface area contributed by atoms with E-state index < -0.39 is 6.10 Å². The number of likely N-dealkylation sites (N-methyl/N-ethyl adjacent to an activating group) is 1. The lowest BCUT2D eigenvalue weighted by molar-refractivity contribution is -0.126. The Labute approximate surface area is 216 Å². The number of carbonyl (C=O) groups excluding carboxylic acids is 1. The number of nitrogens with zero attached hydrogens (tertiary/aromatic N) is 4. The highest BCUT2D eigenvalue weighted by Crippen LogP contribution is 2.29. The van der Waals surface area contributed by atoms with Gasteiger partial charge in [-0.15, -0.1) is 0 Å². The molecule has 4 rings (SSSR count). The zero-order chi connectivity index (χ0) is 24.4. The van der Waals surface area contributed by atoms with Crippen LogP contribution in [0.3, 0.4) is 0 Å². The van der Waals surface area contributed by atoms with Crippen LogP contribution in [-0.2, 0) is 11.8 Å². The van der Waals surface area contributed by atoms with Gasteiger partial charge in [0.1, 0.15) is 5.02 Å². The van der Waals surface area contributed by atoms with E-state index in [4.69, 9.17) is 16.3 Å². The van der Waals surface area contributed by atoms with Crippen LogP contribution in [0.1, 0.15) is 19.8 Å². The molecule has 1 atom stereocenters. The quantitative estimate of drug-likeness (QED) is 0.331. The predicted octanol–water partition coefficient (Wildman–Crippen LogP) is 3.64. The van der Waals surface area contributed by atoms with Crippen molar-refractivity contribution in [1.29, 1.82) is 0 Å². The van der Waals surface area contributed by atoms with E-state index in [0.29, 0.717) is 20.7 Å². The Morgan fingerprint density at radius 1 is 1.29 bits per heavy atom. The van der Waals surface area contributed by atoms with Gasteiger partial charge in [0, 0.05) is 42.2 Å². The second-order valence-electron chi connectivity index (χ2n) is 8.17. The van der Waals surface area contributed by atoms with Gasteiger partial charge in [-0.1, -0.05) is 34.2 Å². The van der Waals surface area contributed by atoms with Crippen molar-refractivity contribution in [2.45, 2.75) is 29.8 Å². The zero-order valence-corrected chi connectivity index (χ0v) is 22.1. The fourth-order valence-corrected chi connectivity index (χ4v) is 4.54. The molecule has 34 heavy (non-hydrogen) atoms. The number of nitrogens with one attached hydrogen (secondary N) is 2. The number of aromatic nitrogens is 3. The molecule has 0 aliphatic carbocycles. The normalized spacial score (nSPS) is 15.3. The Bertz CT molecular complexity index is 1280. The maximum absolute atomic E-state index is 12.7. The van der Waals surface area contributed by atoms with Crippen LogP contribution in [0, 0.1) is 0 Å². The Kier molecular flexibility index (Phi) is 7.46. The molecule has 1 saturated heterocycles. The molecule has 1 aromatic carbocycles. The van der Waals surface area contributed by atoms with Gasteiger partial charge in [-0.3, -0.25) is 9.59 Å². The zero-order valence-electron chi connectivity index (χ0n) is 19.1. The fraction of sp³-hybridized carbons (Fsp3) is 0.391. The van der Waals surface area contributed by atoms with Gasteiger partial charge in [0.2, 0.25) is 5.95 Å². The van der Waals surface area contributed by atoms with Crippen molar-refractivity contribution in [3.05, 3.63) is 45.8 Å². The molecule has 1 amide bonds. The summed E-state index contributed by atoms with van der Waals surface area (Å²) in [6.45, 7) is 3.42. The highest BCUT2D eigenvalue weighted by atomic mass is 127. The third-order valence-electron chi connectivity index (χ3n) is 5.81. The van der Waals surface area contributed by atoms with Crippen molar-refractivity contribution < 1.29 is 9.53 Å². The number of hydrogen-bond acceptors (Lipinski definition) is 7. The summed E-state index contributed by atoms with van der Waals surface area (Å²) in [5, 5.41) is 6.97. The summed E-state index contributed by atoms with van der Waals surface area (Å²) in [6, 6.07) is 7.22. The van der Waals surface area contributed by atoms with Crippen LogP contribution in [0.15, 0.2) is 35.3 Å². The molecule has 0 spiro atoms. The Hall–Kier alpha value is -2.60. The minimum absolute atomic E-state index is 0.101. The predicted molar refractivity (Wildman–Crippen MR) is 143 cm³/mol. The summed E-state index contributed by atoms with van der Waals surface area (Å²) >= 11 is 8.87. The van der Waals surface area contributed by atoms with Gasteiger partial charge in [0.05, 0.1) is 11.7 Å². The molecule has 1 aliphatic heterocycles. The van der Waals surface area contributed by atoms with E-state index in [0.717, 1.165) is 42.5 Å². The van der Waals surface area contributed by atoms with Gasteiger partial charge in [-0.25, -0.2) is 4.98 Å². The smallest absolute Gasteiger partial charge is 0.293 e. The molecule has 180 valence electrons. The number of piperidine rings is 1. The van der Waals surface area contributed by atoms with Gasteiger partial charge in [0.25, 0.3) is 11.5 Å². The first-order valence-electron chi connectivity index (χ1n) is 11.0. The van der Waals surface area contributed by atoms with E-state index in [1.807, 2.05) is 18.2 Å². The SMILES string of the molecule is CNC(=O)C(C)Oc1cc2cc(Nc3nc(N4CCC(I)CC4)ncc3Cl)ccc2n(C)c1=O. The van der Waals surface area contributed by atoms with Crippen LogP contribution in [0.25, 0.3) is 10.9 Å². The van der Waals surface area contributed by atoms with Gasteiger partial charge in [0.15, 0.2) is 17.7 Å². The number of fused-ring (bicyclic) bond motifs is 1. The lowest BCUT2D eigenvalue weighted by atomic mass is 10.1. The van der Waals surface area contributed by atoms with Crippen LogP contribution in [0.4, 0.5) is 17.5 Å². The molecule has 0 bridgehead atoms. The molecule has 11 heteroatoms. The van der Waals surface area contributed by atoms with Crippen molar-refractivity contribution in [2.24, 2.45) is 7.05 Å². The molecule has 2 N–H and O–H groups in total. The van der Waals surface area contributed by atoms with E-state index in [9.17, 15) is 9.59 Å². The van der Waals surface area contributed by atoms with Gasteiger partial charge in [-0.2, -0.15) is 4.98 Å². The first-order valence-corrected chi connectivity index (χ1v) is 12.6. The number of benzene rings is 1. The van der Waals surface area contributed by atoms with Gasteiger partial charge < -0.3 is 24.8 Å². The van der Waals surface area contributed by atoms with Gasteiger partial charge in [-0.05, 0) is 44.0 Å². The van der Waals surface area contributed by atoms with Crippen LogP contribution >= 0.6 is 34.2 Å². The molecule has 2 aromatic heterocycles. The van der Waals surface area contributed by atoms with Crippen molar-refractivity contribution in [3.63, 3.8) is 0 Å². The number of alkyl halides is 1. The number of amides is 1. The summed E-state index contributed by atoms with van der Waals surface area (Å²) in [7, 11) is 3.19. The molecular weight excluding hydrogens is 571 g/mol. The monoisotopic (exact) mass is 596 g/mol. The number of pyridine rings is 1. The Balaban J connectivity index is 1.63. The molecule has 0 saturated carbocycles. The number of ether oxygens (including phenoxy) is 1. The summed E-state index contributed by atoms with van der Waals surface area (Å²) < 4.78 is 7.82. The highest BCUT2D eigenvalue weighted by molar-refractivity contribution is 14.1. The Morgan fingerprint density at radius 2 is 2.03 bits per heavy atom. The lowest BCUT2D eigenvalue weighted by Gasteiger charge is -2.29. The summed E-state index contributed by atoms with van der Waals surface area (Å²) in [5.74, 6) is 0.952. The van der Waals surface area contributed by atoms with Crippen molar-refractivity contribution in [3.8, 4) is 5.75 Å². The van der Waals surface area contributed by atoms with Crippen molar-refractivity contribution in [1.82, 2.24) is 19.9 Å². The van der Waals surface area contributed by atoms with E-state index >= 15 is 0 Å². The number of carbonyl (C=O) groups is 1. The van der Waals surface area contributed by atoms with Crippen LogP contribution in [-0.4, -0.2) is 50.6 Å². The average Bonchev–Trinajstić information content (AvgIpc) is 2.83. The summed E-state index contributed by atoms with van der Waals surface area (Å²) in [5.41, 5.74) is 1.16. The highest BCUT2D eigenvalue weighted by Gasteiger charge is 2.20. The topological polar surface area (TPSA) is 101 Å². The number of aryl methyl sites for hydroxylation is 1. The third kappa shape index (κ3) is 5.22. The molecule has 9 nitrogen and oxygen atoms in total. The number of hydrogen-bond donors (Lipinski definition) is 2. The molecule has 1 fully saturated rings. The average molecular weight is 597 g/mol. The van der Waals surface area contributed by atoms with Crippen LogP contribution < -0.4 is 25.8 Å². The molecule has 1 unspecified atom stereocenters. The van der Waals surface area contributed by atoms with E-state index in [1.165, 1.54) is 11.6 Å². The lowest BCUT2D eigenvalue weighted by Crippen LogP contribution is -2.35. The summed E-state index contributed by atoms with van der Waals surface area (Å²) in [6.07, 6.45) is 3.01. The maximum atomic E-state index is 12.7. The van der Waals surface area contributed by atoms with Crippen molar-refractivity contribution >= 4 is 68.5 Å². The van der Waals surface area contributed by atoms with E-state index in [1.54, 1.807) is 26.2 Å². The molecule has 1 aliphatic rings. The van der Waals surface area contributed by atoms with Gasteiger partial charge >= 0.3 is 0 Å². The third-order valence-corrected chi connectivity index (χ3v) is 7.33. The number of halogens is 2.